The summed E-state index contributed by atoms with van der Waals surface area (Å²) in [4.78, 5) is 12.0. The Kier molecular flexibility index (Phi) is 3.75. The van der Waals surface area contributed by atoms with Gasteiger partial charge in [0.25, 0.3) is 0 Å². The second-order valence-electron chi connectivity index (χ2n) is 4.50. The third kappa shape index (κ3) is 3.15. The van der Waals surface area contributed by atoms with E-state index in [4.69, 9.17) is 16.0 Å². The highest BCUT2D eigenvalue weighted by atomic mass is 35.5. The number of rotatable bonds is 4. The Hall–Kier alpha value is -2.52. The van der Waals surface area contributed by atoms with E-state index >= 15 is 0 Å². The molecule has 0 spiro atoms. The topological polar surface area (TPSA) is 42.2 Å². The number of ketones is 1. The first-order chi connectivity index (χ1) is 10.2. The van der Waals surface area contributed by atoms with Gasteiger partial charge >= 0.3 is 0 Å². The maximum absolute atomic E-state index is 12.0. The Morgan fingerprint density at radius 2 is 1.86 bits per heavy atom. The van der Waals surface area contributed by atoms with Gasteiger partial charge in [-0.2, -0.15) is 0 Å². The number of allylic oxidation sites excluding steroid dienone is 1. The summed E-state index contributed by atoms with van der Waals surface area (Å²) in [5.41, 5.74) is 1.56. The third-order valence-corrected chi connectivity index (χ3v) is 3.25. The molecule has 3 rings (SSSR count). The molecule has 0 fully saturated rings. The van der Waals surface area contributed by atoms with Gasteiger partial charge in [-0.3, -0.25) is 4.79 Å². The van der Waals surface area contributed by atoms with Crippen LogP contribution in [0, 0.1) is 0 Å². The molecule has 0 aliphatic carbocycles. The SMILES string of the molecule is O=C(/C=C/Nc1ccc(Cl)cc1)c1cc2ccccc2o1. The van der Waals surface area contributed by atoms with Crippen LogP contribution in [0.1, 0.15) is 10.6 Å². The number of carbonyl (C=O) groups excluding carboxylic acids is 1. The number of carbonyl (C=O) groups is 1. The molecule has 1 N–H and O–H groups in total. The van der Waals surface area contributed by atoms with E-state index in [2.05, 4.69) is 5.32 Å². The van der Waals surface area contributed by atoms with E-state index in [1.54, 1.807) is 24.4 Å². The van der Waals surface area contributed by atoms with Crippen LogP contribution >= 0.6 is 11.6 Å². The zero-order valence-corrected chi connectivity index (χ0v) is 11.8. The van der Waals surface area contributed by atoms with Crippen molar-refractivity contribution in [3.8, 4) is 0 Å². The largest absolute Gasteiger partial charge is 0.453 e. The molecule has 0 saturated carbocycles. The molecule has 0 bridgehead atoms. The smallest absolute Gasteiger partial charge is 0.222 e. The average Bonchev–Trinajstić information content (AvgIpc) is 2.93. The normalized spacial score (nSPS) is 11.1. The van der Waals surface area contributed by atoms with Gasteiger partial charge in [-0.05, 0) is 36.4 Å². The lowest BCUT2D eigenvalue weighted by Gasteiger charge is -1.99. The molecule has 0 unspecified atom stereocenters. The van der Waals surface area contributed by atoms with E-state index in [-0.39, 0.29) is 5.78 Å². The fourth-order valence-corrected chi connectivity index (χ4v) is 2.07. The van der Waals surface area contributed by atoms with Crippen LogP contribution in [0.2, 0.25) is 5.02 Å². The van der Waals surface area contributed by atoms with Crippen LogP contribution in [-0.2, 0) is 0 Å². The molecule has 1 aromatic heterocycles. The molecular formula is C17H12ClNO2. The van der Waals surface area contributed by atoms with Gasteiger partial charge in [0.05, 0.1) is 0 Å². The van der Waals surface area contributed by atoms with Gasteiger partial charge in [0.1, 0.15) is 5.58 Å². The van der Waals surface area contributed by atoms with Gasteiger partial charge in [0.2, 0.25) is 5.78 Å². The fraction of sp³-hybridized carbons (Fsp3) is 0. The Bertz CT molecular complexity index is 770. The Labute approximate surface area is 126 Å². The van der Waals surface area contributed by atoms with Crippen molar-refractivity contribution in [3.63, 3.8) is 0 Å². The number of anilines is 1. The summed E-state index contributed by atoms with van der Waals surface area (Å²) >= 11 is 5.80. The molecular weight excluding hydrogens is 286 g/mol. The number of halogens is 1. The van der Waals surface area contributed by atoms with E-state index in [1.165, 1.54) is 6.08 Å². The molecule has 3 aromatic rings. The Morgan fingerprint density at radius 1 is 1.10 bits per heavy atom. The van der Waals surface area contributed by atoms with E-state index < -0.39 is 0 Å². The molecule has 2 aromatic carbocycles. The highest BCUT2D eigenvalue weighted by Gasteiger charge is 2.08. The van der Waals surface area contributed by atoms with Gasteiger partial charge in [-0.1, -0.05) is 29.8 Å². The van der Waals surface area contributed by atoms with Crippen molar-refractivity contribution in [2.24, 2.45) is 0 Å². The summed E-state index contributed by atoms with van der Waals surface area (Å²) in [5.74, 6) is 0.137. The zero-order valence-electron chi connectivity index (χ0n) is 11.0. The number of hydrogen-bond acceptors (Lipinski definition) is 3. The minimum Gasteiger partial charge on any atom is -0.453 e. The molecule has 4 heteroatoms. The van der Waals surface area contributed by atoms with Crippen LogP contribution in [-0.4, -0.2) is 5.78 Å². The number of hydrogen-bond donors (Lipinski definition) is 1. The predicted molar refractivity (Wildman–Crippen MR) is 84.8 cm³/mol. The monoisotopic (exact) mass is 297 g/mol. The highest BCUT2D eigenvalue weighted by Crippen LogP contribution is 2.19. The summed E-state index contributed by atoms with van der Waals surface area (Å²) < 4.78 is 5.50. The van der Waals surface area contributed by atoms with Crippen molar-refractivity contribution in [1.82, 2.24) is 0 Å². The molecule has 0 amide bonds. The maximum Gasteiger partial charge on any atom is 0.222 e. The van der Waals surface area contributed by atoms with Gasteiger partial charge in [0.15, 0.2) is 5.76 Å². The summed E-state index contributed by atoms with van der Waals surface area (Å²) in [6, 6.07) is 16.5. The number of benzene rings is 2. The zero-order chi connectivity index (χ0) is 14.7. The standard InChI is InChI=1S/C17H12ClNO2/c18-13-5-7-14(8-6-13)19-10-9-15(20)17-11-12-3-1-2-4-16(12)21-17/h1-11,19H/b10-9+. The summed E-state index contributed by atoms with van der Waals surface area (Å²) in [6.07, 6.45) is 3.02. The molecule has 0 saturated heterocycles. The highest BCUT2D eigenvalue weighted by molar-refractivity contribution is 6.30. The van der Waals surface area contributed by atoms with Crippen LogP contribution in [0.3, 0.4) is 0 Å². The first-order valence-electron chi connectivity index (χ1n) is 6.44. The summed E-state index contributed by atoms with van der Waals surface area (Å²) in [6.45, 7) is 0. The van der Waals surface area contributed by atoms with E-state index in [0.29, 0.717) is 16.4 Å². The van der Waals surface area contributed by atoms with Gasteiger partial charge in [0, 0.05) is 28.4 Å². The lowest BCUT2D eigenvalue weighted by atomic mass is 10.2. The molecule has 104 valence electrons. The predicted octanol–water partition coefficient (Wildman–Crippen LogP) is 4.89. The van der Waals surface area contributed by atoms with Crippen LogP contribution in [0.4, 0.5) is 5.69 Å². The molecule has 1 heterocycles. The van der Waals surface area contributed by atoms with E-state index in [9.17, 15) is 4.79 Å². The van der Waals surface area contributed by atoms with E-state index in [1.807, 2.05) is 36.4 Å². The van der Waals surface area contributed by atoms with Gasteiger partial charge < -0.3 is 9.73 Å². The molecule has 0 aliphatic rings. The van der Waals surface area contributed by atoms with Gasteiger partial charge in [-0.25, -0.2) is 0 Å². The first kappa shape index (κ1) is 13.5. The van der Waals surface area contributed by atoms with Crippen molar-refractivity contribution in [1.29, 1.82) is 0 Å². The molecule has 0 aliphatic heterocycles. The molecule has 0 radical (unpaired) electrons. The van der Waals surface area contributed by atoms with Crippen molar-refractivity contribution in [2.45, 2.75) is 0 Å². The van der Waals surface area contributed by atoms with Crippen LogP contribution < -0.4 is 5.32 Å². The fourth-order valence-electron chi connectivity index (χ4n) is 1.95. The lowest BCUT2D eigenvalue weighted by molar-refractivity contribution is 0.102. The van der Waals surface area contributed by atoms with Crippen LogP contribution in [0.5, 0.6) is 0 Å². The minimum atomic E-state index is -0.187. The molecule has 21 heavy (non-hydrogen) atoms. The number of para-hydroxylation sites is 1. The number of furan rings is 1. The Morgan fingerprint density at radius 3 is 2.62 bits per heavy atom. The van der Waals surface area contributed by atoms with Crippen molar-refractivity contribution >= 4 is 34.0 Å². The number of nitrogens with one attached hydrogen (secondary N) is 1. The van der Waals surface area contributed by atoms with Crippen LogP contribution in [0.25, 0.3) is 11.0 Å². The Balaban J connectivity index is 1.70. The summed E-state index contributed by atoms with van der Waals surface area (Å²) in [7, 11) is 0. The molecule has 0 atom stereocenters. The third-order valence-electron chi connectivity index (χ3n) is 3.00. The number of fused-ring (bicyclic) bond motifs is 1. The maximum atomic E-state index is 12.0. The first-order valence-corrected chi connectivity index (χ1v) is 6.82. The minimum absolute atomic E-state index is 0.187. The van der Waals surface area contributed by atoms with Crippen molar-refractivity contribution in [3.05, 3.63) is 77.7 Å². The van der Waals surface area contributed by atoms with Gasteiger partial charge in [-0.15, -0.1) is 0 Å². The molecule has 3 nitrogen and oxygen atoms in total. The second-order valence-corrected chi connectivity index (χ2v) is 4.93. The van der Waals surface area contributed by atoms with Crippen LogP contribution in [0.15, 0.2) is 71.3 Å². The average molecular weight is 298 g/mol. The second kappa shape index (κ2) is 5.85. The van der Waals surface area contributed by atoms with Crippen molar-refractivity contribution < 1.29 is 9.21 Å². The quantitative estimate of drug-likeness (QED) is 0.550. The lowest BCUT2D eigenvalue weighted by Crippen LogP contribution is -1.94. The summed E-state index contributed by atoms with van der Waals surface area (Å²) in [5, 5.41) is 4.59. The van der Waals surface area contributed by atoms with Crippen molar-refractivity contribution in [2.75, 3.05) is 5.32 Å². The van der Waals surface area contributed by atoms with E-state index in [0.717, 1.165) is 11.1 Å².